The van der Waals surface area contributed by atoms with Gasteiger partial charge in [-0.2, -0.15) is 4.31 Å². The van der Waals surface area contributed by atoms with Crippen LogP contribution in [0.3, 0.4) is 0 Å². The molecule has 0 saturated carbocycles. The van der Waals surface area contributed by atoms with E-state index in [1.54, 1.807) is 17.0 Å². The van der Waals surface area contributed by atoms with Crippen molar-refractivity contribution in [1.29, 1.82) is 0 Å². The van der Waals surface area contributed by atoms with Gasteiger partial charge in [-0.1, -0.05) is 0 Å². The zero-order valence-electron chi connectivity index (χ0n) is 14.7. The van der Waals surface area contributed by atoms with Gasteiger partial charge in [0.1, 0.15) is 0 Å². The summed E-state index contributed by atoms with van der Waals surface area (Å²) >= 11 is 0. The van der Waals surface area contributed by atoms with Gasteiger partial charge in [0, 0.05) is 44.6 Å². The third-order valence-electron chi connectivity index (χ3n) is 5.43. The summed E-state index contributed by atoms with van der Waals surface area (Å²) < 4.78 is 38.0. The zero-order valence-corrected chi connectivity index (χ0v) is 15.5. The third kappa shape index (κ3) is 3.26. The Morgan fingerprint density at radius 3 is 2.08 bits per heavy atom. The number of amides is 1. The number of carbonyl (C=O) groups is 1. The number of rotatable bonds is 3. The van der Waals surface area contributed by atoms with E-state index in [1.165, 1.54) is 16.4 Å². The maximum atomic E-state index is 12.7. The highest BCUT2D eigenvalue weighted by Gasteiger charge is 2.40. The van der Waals surface area contributed by atoms with Gasteiger partial charge in [-0.05, 0) is 37.1 Å². The molecule has 0 N–H and O–H groups in total. The molecule has 1 amide bonds. The first-order valence-corrected chi connectivity index (χ1v) is 10.6. The van der Waals surface area contributed by atoms with Crippen molar-refractivity contribution >= 4 is 15.9 Å². The molecule has 0 aromatic heterocycles. The highest BCUT2D eigenvalue weighted by molar-refractivity contribution is 7.89. The number of sulfonamides is 1. The largest absolute Gasteiger partial charge is 0.347 e. The van der Waals surface area contributed by atoms with E-state index in [0.29, 0.717) is 57.8 Å². The average molecular weight is 380 g/mol. The molecule has 0 unspecified atom stereocenters. The molecule has 3 heterocycles. The standard InChI is InChI=1S/C18H24N2O5S/c21-17(19-11-7-18(8-12-19)24-13-14-25-18)15-3-5-16(6-4-15)26(22,23)20-9-1-2-10-20/h3-6H,1-2,7-14H2. The van der Waals surface area contributed by atoms with Crippen molar-refractivity contribution in [3.05, 3.63) is 29.8 Å². The highest BCUT2D eigenvalue weighted by atomic mass is 32.2. The first-order valence-electron chi connectivity index (χ1n) is 9.18. The van der Waals surface area contributed by atoms with Crippen molar-refractivity contribution in [2.75, 3.05) is 39.4 Å². The van der Waals surface area contributed by atoms with E-state index in [1.807, 2.05) is 0 Å². The van der Waals surface area contributed by atoms with Crippen LogP contribution < -0.4 is 0 Å². The number of benzene rings is 1. The molecule has 0 radical (unpaired) electrons. The fourth-order valence-electron chi connectivity index (χ4n) is 3.87. The van der Waals surface area contributed by atoms with Crippen LogP contribution in [0.5, 0.6) is 0 Å². The molecular formula is C18H24N2O5S. The number of nitrogens with zero attached hydrogens (tertiary/aromatic N) is 2. The van der Waals surface area contributed by atoms with Crippen molar-refractivity contribution in [2.24, 2.45) is 0 Å². The van der Waals surface area contributed by atoms with E-state index in [-0.39, 0.29) is 10.8 Å². The van der Waals surface area contributed by atoms with E-state index in [4.69, 9.17) is 9.47 Å². The highest BCUT2D eigenvalue weighted by Crippen LogP contribution is 2.31. The Morgan fingerprint density at radius 1 is 0.923 bits per heavy atom. The van der Waals surface area contributed by atoms with Crippen molar-refractivity contribution in [3.8, 4) is 0 Å². The number of hydrogen-bond acceptors (Lipinski definition) is 5. The average Bonchev–Trinajstić information content (AvgIpc) is 3.35. The van der Waals surface area contributed by atoms with Gasteiger partial charge in [0.25, 0.3) is 5.91 Å². The fourth-order valence-corrected chi connectivity index (χ4v) is 5.38. The molecule has 4 rings (SSSR count). The topological polar surface area (TPSA) is 76.2 Å². The first kappa shape index (κ1) is 17.9. The molecule has 3 saturated heterocycles. The van der Waals surface area contributed by atoms with Gasteiger partial charge in [0.05, 0.1) is 18.1 Å². The van der Waals surface area contributed by atoms with Gasteiger partial charge in [-0.25, -0.2) is 8.42 Å². The predicted octanol–water partition coefficient (Wildman–Crippen LogP) is 1.45. The lowest BCUT2D eigenvalue weighted by Crippen LogP contribution is -2.47. The lowest BCUT2D eigenvalue weighted by atomic mass is 10.0. The van der Waals surface area contributed by atoms with E-state index < -0.39 is 15.8 Å². The van der Waals surface area contributed by atoms with E-state index >= 15 is 0 Å². The second-order valence-corrected chi connectivity index (χ2v) is 8.97. The summed E-state index contributed by atoms with van der Waals surface area (Å²) in [5.41, 5.74) is 0.509. The summed E-state index contributed by atoms with van der Waals surface area (Å²) in [7, 11) is -3.45. The Kier molecular flexibility index (Phi) is 4.77. The van der Waals surface area contributed by atoms with Crippen LogP contribution in [-0.2, 0) is 19.5 Å². The summed E-state index contributed by atoms with van der Waals surface area (Å²) in [6, 6.07) is 6.29. The SMILES string of the molecule is O=C(c1ccc(S(=O)(=O)N2CCCC2)cc1)N1CCC2(CC1)OCCO2. The lowest BCUT2D eigenvalue weighted by Gasteiger charge is -2.37. The molecule has 8 heteroatoms. The van der Waals surface area contributed by atoms with Crippen molar-refractivity contribution in [3.63, 3.8) is 0 Å². The smallest absolute Gasteiger partial charge is 0.253 e. The van der Waals surface area contributed by atoms with Crippen LogP contribution in [0.2, 0.25) is 0 Å². The third-order valence-corrected chi connectivity index (χ3v) is 7.34. The molecule has 3 fully saturated rings. The van der Waals surface area contributed by atoms with Crippen LogP contribution in [0.15, 0.2) is 29.2 Å². The predicted molar refractivity (Wildman–Crippen MR) is 94.2 cm³/mol. The lowest BCUT2D eigenvalue weighted by molar-refractivity contribution is -0.181. The second kappa shape index (κ2) is 6.92. The summed E-state index contributed by atoms with van der Waals surface area (Å²) in [5, 5.41) is 0. The number of hydrogen-bond donors (Lipinski definition) is 0. The quantitative estimate of drug-likeness (QED) is 0.793. The summed E-state index contributed by atoms with van der Waals surface area (Å²) in [4.78, 5) is 14.7. The maximum absolute atomic E-state index is 12.7. The normalized spacial score (nSPS) is 23.6. The summed E-state index contributed by atoms with van der Waals surface area (Å²) in [6.07, 6.45) is 3.14. The van der Waals surface area contributed by atoms with Crippen LogP contribution in [0.4, 0.5) is 0 Å². The molecule has 3 aliphatic rings. The van der Waals surface area contributed by atoms with Crippen LogP contribution in [0.25, 0.3) is 0 Å². The Balaban J connectivity index is 1.43. The summed E-state index contributed by atoms with van der Waals surface area (Å²) in [5.74, 6) is -0.590. The number of carbonyl (C=O) groups excluding carboxylic acids is 1. The molecular weight excluding hydrogens is 356 g/mol. The van der Waals surface area contributed by atoms with Crippen LogP contribution in [0, 0.1) is 0 Å². The molecule has 0 aliphatic carbocycles. The molecule has 0 bridgehead atoms. The second-order valence-electron chi connectivity index (χ2n) is 7.04. The molecule has 1 spiro atoms. The molecule has 0 atom stereocenters. The Labute approximate surface area is 153 Å². The summed E-state index contributed by atoms with van der Waals surface area (Å²) in [6.45, 7) is 3.52. The maximum Gasteiger partial charge on any atom is 0.253 e. The monoisotopic (exact) mass is 380 g/mol. The van der Waals surface area contributed by atoms with Gasteiger partial charge in [0.15, 0.2) is 5.79 Å². The van der Waals surface area contributed by atoms with Gasteiger partial charge in [0.2, 0.25) is 10.0 Å². The van der Waals surface area contributed by atoms with E-state index in [9.17, 15) is 13.2 Å². The van der Waals surface area contributed by atoms with Crippen LogP contribution in [-0.4, -0.2) is 68.7 Å². The molecule has 1 aromatic rings. The molecule has 1 aromatic carbocycles. The Bertz CT molecular complexity index is 755. The van der Waals surface area contributed by atoms with Crippen LogP contribution >= 0.6 is 0 Å². The molecule has 3 aliphatic heterocycles. The number of piperidine rings is 1. The van der Waals surface area contributed by atoms with Crippen molar-refractivity contribution in [1.82, 2.24) is 9.21 Å². The molecule has 26 heavy (non-hydrogen) atoms. The number of likely N-dealkylation sites (tertiary alicyclic amines) is 1. The van der Waals surface area contributed by atoms with E-state index in [2.05, 4.69) is 0 Å². The minimum absolute atomic E-state index is 0.0806. The van der Waals surface area contributed by atoms with Gasteiger partial charge in [-0.3, -0.25) is 4.79 Å². The molecule has 142 valence electrons. The molecule has 7 nitrogen and oxygen atoms in total. The Hall–Kier alpha value is -1.48. The fraction of sp³-hybridized carbons (Fsp3) is 0.611. The van der Waals surface area contributed by atoms with Gasteiger partial charge in [-0.15, -0.1) is 0 Å². The van der Waals surface area contributed by atoms with Gasteiger partial charge >= 0.3 is 0 Å². The van der Waals surface area contributed by atoms with Crippen molar-refractivity contribution in [2.45, 2.75) is 36.4 Å². The minimum Gasteiger partial charge on any atom is -0.347 e. The first-order chi connectivity index (χ1) is 12.5. The minimum atomic E-state index is -3.45. The van der Waals surface area contributed by atoms with Crippen molar-refractivity contribution < 1.29 is 22.7 Å². The van der Waals surface area contributed by atoms with Gasteiger partial charge < -0.3 is 14.4 Å². The zero-order chi connectivity index (χ0) is 18.2. The Morgan fingerprint density at radius 2 is 1.50 bits per heavy atom. The van der Waals surface area contributed by atoms with E-state index in [0.717, 1.165) is 12.8 Å². The van der Waals surface area contributed by atoms with Crippen LogP contribution in [0.1, 0.15) is 36.0 Å². The number of ether oxygens (including phenoxy) is 2.